The maximum Gasteiger partial charge on any atom is 0.131 e. The molecule has 0 amide bonds. The van der Waals surface area contributed by atoms with Crippen LogP contribution >= 0.6 is 0 Å². The monoisotopic (exact) mass is 365 g/mol. The van der Waals surface area contributed by atoms with Crippen LogP contribution in [-0.2, 0) is 6.42 Å². The summed E-state index contributed by atoms with van der Waals surface area (Å²) in [5, 5.41) is 0. The predicted molar refractivity (Wildman–Crippen MR) is 103 cm³/mol. The second-order valence-electron chi connectivity index (χ2n) is 7.08. The number of benzene rings is 2. The number of anilines is 1. The number of rotatable bonds is 4. The highest BCUT2D eigenvalue weighted by molar-refractivity contribution is 5.79. The van der Waals surface area contributed by atoms with Crippen LogP contribution in [0.4, 0.5) is 14.6 Å². The van der Waals surface area contributed by atoms with Gasteiger partial charge >= 0.3 is 0 Å². The molecule has 5 heteroatoms. The molecule has 2 aromatic carbocycles. The summed E-state index contributed by atoms with van der Waals surface area (Å²) in [5.41, 5.74) is 10.7. The van der Waals surface area contributed by atoms with Gasteiger partial charge in [-0.2, -0.15) is 0 Å². The van der Waals surface area contributed by atoms with Crippen molar-refractivity contribution in [2.45, 2.75) is 39.0 Å². The van der Waals surface area contributed by atoms with E-state index in [9.17, 15) is 8.78 Å². The molecule has 0 unspecified atom stereocenters. The molecule has 0 spiro atoms. The lowest BCUT2D eigenvalue weighted by Gasteiger charge is -2.16. The van der Waals surface area contributed by atoms with E-state index in [1.54, 1.807) is 12.1 Å². The van der Waals surface area contributed by atoms with Crippen LogP contribution in [0.3, 0.4) is 0 Å². The summed E-state index contributed by atoms with van der Waals surface area (Å²) in [4.78, 5) is 8.36. The average Bonchev–Trinajstić information content (AvgIpc) is 3.48. The molecule has 138 valence electrons. The van der Waals surface area contributed by atoms with Crippen molar-refractivity contribution < 1.29 is 8.78 Å². The second kappa shape index (κ2) is 6.72. The van der Waals surface area contributed by atoms with Crippen LogP contribution < -0.4 is 5.73 Å². The number of aromatic nitrogens is 2. The Morgan fingerprint density at radius 1 is 1.04 bits per heavy atom. The predicted octanol–water partition coefficient (Wildman–Crippen LogP) is 5.42. The van der Waals surface area contributed by atoms with E-state index in [0.717, 1.165) is 29.5 Å². The summed E-state index contributed by atoms with van der Waals surface area (Å²) in [7, 11) is 0. The summed E-state index contributed by atoms with van der Waals surface area (Å²) in [5.74, 6) is 0.0916. The molecule has 1 heterocycles. The molecule has 2 N–H and O–H groups in total. The van der Waals surface area contributed by atoms with Crippen LogP contribution in [0, 0.1) is 18.6 Å². The summed E-state index contributed by atoms with van der Waals surface area (Å²) in [6, 6.07) is 8.08. The van der Waals surface area contributed by atoms with E-state index in [2.05, 4.69) is 9.97 Å². The lowest BCUT2D eigenvalue weighted by atomic mass is 9.91. The average molecular weight is 365 g/mol. The number of hydrogen-bond donors (Lipinski definition) is 1. The maximum atomic E-state index is 14.8. The minimum atomic E-state index is -0.435. The fraction of sp³-hybridized carbons (Fsp3) is 0.273. The van der Waals surface area contributed by atoms with E-state index in [4.69, 9.17) is 5.73 Å². The third-order valence-electron chi connectivity index (χ3n) is 5.29. The van der Waals surface area contributed by atoms with Gasteiger partial charge in [-0.05, 0) is 67.0 Å². The quantitative estimate of drug-likeness (QED) is 0.672. The van der Waals surface area contributed by atoms with Gasteiger partial charge in [-0.1, -0.05) is 19.1 Å². The number of halogens is 2. The lowest BCUT2D eigenvalue weighted by molar-refractivity contribution is 0.623. The van der Waals surface area contributed by atoms with E-state index in [1.165, 1.54) is 18.5 Å². The van der Waals surface area contributed by atoms with Crippen molar-refractivity contribution in [3.63, 3.8) is 0 Å². The molecule has 1 aliphatic rings. The number of nitrogen functional groups attached to an aromatic ring is 1. The zero-order valence-electron chi connectivity index (χ0n) is 15.4. The molecule has 3 aromatic rings. The fourth-order valence-electron chi connectivity index (χ4n) is 3.63. The van der Waals surface area contributed by atoms with Gasteiger partial charge in [-0.3, -0.25) is 0 Å². The Hall–Kier alpha value is -2.82. The smallest absolute Gasteiger partial charge is 0.131 e. The van der Waals surface area contributed by atoms with E-state index >= 15 is 0 Å². The minimum Gasteiger partial charge on any atom is -0.383 e. The molecule has 1 aromatic heterocycles. The molecule has 0 aliphatic heterocycles. The van der Waals surface area contributed by atoms with Crippen LogP contribution in [0.1, 0.15) is 42.4 Å². The van der Waals surface area contributed by atoms with Crippen molar-refractivity contribution in [1.29, 1.82) is 0 Å². The first-order valence-electron chi connectivity index (χ1n) is 9.19. The molecule has 27 heavy (non-hydrogen) atoms. The molecule has 0 radical (unpaired) electrons. The molecule has 0 bridgehead atoms. The third kappa shape index (κ3) is 3.18. The highest BCUT2D eigenvalue weighted by Crippen LogP contribution is 2.42. The highest BCUT2D eigenvalue weighted by Gasteiger charge is 2.25. The van der Waals surface area contributed by atoms with Gasteiger partial charge in [-0.15, -0.1) is 0 Å². The topological polar surface area (TPSA) is 51.8 Å². The van der Waals surface area contributed by atoms with Gasteiger partial charge in [0.2, 0.25) is 0 Å². The Morgan fingerprint density at radius 2 is 1.78 bits per heavy atom. The van der Waals surface area contributed by atoms with Crippen LogP contribution in [0.5, 0.6) is 0 Å². The van der Waals surface area contributed by atoms with Gasteiger partial charge < -0.3 is 5.73 Å². The van der Waals surface area contributed by atoms with Crippen molar-refractivity contribution in [1.82, 2.24) is 9.97 Å². The third-order valence-corrected chi connectivity index (χ3v) is 5.29. The Morgan fingerprint density at radius 3 is 2.44 bits per heavy atom. The maximum absolute atomic E-state index is 14.8. The molecule has 1 saturated carbocycles. The molecule has 0 atom stereocenters. The Balaban J connectivity index is 1.89. The molecule has 1 fully saturated rings. The van der Waals surface area contributed by atoms with Gasteiger partial charge in [0.25, 0.3) is 0 Å². The largest absolute Gasteiger partial charge is 0.383 e. The van der Waals surface area contributed by atoms with Crippen molar-refractivity contribution in [3.8, 4) is 22.4 Å². The van der Waals surface area contributed by atoms with E-state index in [-0.39, 0.29) is 5.82 Å². The summed E-state index contributed by atoms with van der Waals surface area (Å²) >= 11 is 0. The van der Waals surface area contributed by atoms with Gasteiger partial charge in [0.15, 0.2) is 0 Å². The first-order valence-corrected chi connectivity index (χ1v) is 9.19. The SMILES string of the molecule is CCc1c(N)ncnc1-c1cc(F)cc(-c2ccc(C3CC3)cc2F)c1C. The molecule has 1 aliphatic carbocycles. The number of nitrogens with two attached hydrogens (primary N) is 1. The van der Waals surface area contributed by atoms with Gasteiger partial charge in [0, 0.05) is 16.7 Å². The molecule has 0 saturated heterocycles. The Labute approximate surface area is 157 Å². The first-order chi connectivity index (χ1) is 13.0. The first kappa shape index (κ1) is 17.6. The fourth-order valence-corrected chi connectivity index (χ4v) is 3.63. The van der Waals surface area contributed by atoms with Crippen LogP contribution in [0.15, 0.2) is 36.7 Å². The van der Waals surface area contributed by atoms with Crippen molar-refractivity contribution >= 4 is 5.82 Å². The van der Waals surface area contributed by atoms with Crippen molar-refractivity contribution in [2.24, 2.45) is 0 Å². The van der Waals surface area contributed by atoms with Gasteiger partial charge in [0.1, 0.15) is 23.8 Å². The van der Waals surface area contributed by atoms with Crippen LogP contribution in [-0.4, -0.2) is 9.97 Å². The number of nitrogens with zero attached hydrogens (tertiary/aromatic N) is 2. The van der Waals surface area contributed by atoms with E-state index < -0.39 is 5.82 Å². The highest BCUT2D eigenvalue weighted by atomic mass is 19.1. The van der Waals surface area contributed by atoms with E-state index in [0.29, 0.717) is 40.5 Å². The van der Waals surface area contributed by atoms with Crippen molar-refractivity contribution in [2.75, 3.05) is 5.73 Å². The molecule has 3 nitrogen and oxygen atoms in total. The Bertz CT molecular complexity index is 1030. The lowest BCUT2D eigenvalue weighted by Crippen LogP contribution is -2.03. The summed E-state index contributed by atoms with van der Waals surface area (Å²) < 4.78 is 29.3. The molecular weight excluding hydrogens is 344 g/mol. The standard InChI is InChI=1S/C22H21F2N3/c1-3-16-21(26-11-27-22(16)25)19-10-15(23)9-18(12(19)2)17-7-6-14(8-20(17)24)13-4-5-13/h6-11,13H,3-5H2,1-2H3,(H2,25,26,27). The normalized spacial score (nSPS) is 13.8. The molecular formula is C22H21F2N3. The summed E-state index contributed by atoms with van der Waals surface area (Å²) in [6.45, 7) is 3.81. The number of hydrogen-bond acceptors (Lipinski definition) is 3. The van der Waals surface area contributed by atoms with Crippen LogP contribution in [0.25, 0.3) is 22.4 Å². The summed E-state index contributed by atoms with van der Waals surface area (Å²) in [6.07, 6.45) is 4.21. The molecule has 4 rings (SSSR count). The zero-order chi connectivity index (χ0) is 19.1. The van der Waals surface area contributed by atoms with Crippen LogP contribution in [0.2, 0.25) is 0 Å². The van der Waals surface area contributed by atoms with E-state index in [1.807, 2.05) is 19.9 Å². The van der Waals surface area contributed by atoms with Crippen molar-refractivity contribution in [3.05, 3.63) is 65.0 Å². The second-order valence-corrected chi connectivity index (χ2v) is 7.08. The van der Waals surface area contributed by atoms with Gasteiger partial charge in [0.05, 0.1) is 5.69 Å². The minimum absolute atomic E-state index is 0.322. The zero-order valence-corrected chi connectivity index (χ0v) is 15.4. The van der Waals surface area contributed by atoms with Gasteiger partial charge in [-0.25, -0.2) is 18.7 Å². The Kier molecular flexibility index (Phi) is 4.38.